The summed E-state index contributed by atoms with van der Waals surface area (Å²) in [5.41, 5.74) is 9.78. The van der Waals surface area contributed by atoms with Gasteiger partial charge < -0.3 is 5.73 Å². The molecule has 0 atom stereocenters. The highest BCUT2D eigenvalue weighted by Crippen LogP contribution is 2.72. The van der Waals surface area contributed by atoms with E-state index in [2.05, 4.69) is 49.3 Å². The van der Waals surface area contributed by atoms with Gasteiger partial charge in [-0.1, -0.05) is 41.0 Å². The number of nitrogen functional groups attached to an aromatic ring is 1. The average molecular weight is 275 g/mol. The number of nitrogens with two attached hydrogens (primary N) is 1. The standard InChI is InChI=1S/C15H25N5/c1-7-8-9-10-11(19(6)18-9)20(13(16)17-10)12-14(2,3)15(12,4)5/h12H,7-8H2,1-6H3,(H2,16,17). The van der Waals surface area contributed by atoms with Crippen LogP contribution in [-0.4, -0.2) is 19.3 Å². The Labute approximate surface area is 120 Å². The lowest BCUT2D eigenvalue weighted by Gasteiger charge is -2.08. The highest BCUT2D eigenvalue weighted by atomic mass is 15.4. The van der Waals surface area contributed by atoms with E-state index in [-0.39, 0.29) is 10.8 Å². The number of hydrogen-bond acceptors (Lipinski definition) is 3. The fourth-order valence-corrected chi connectivity index (χ4v) is 3.69. The molecule has 0 bridgehead atoms. The van der Waals surface area contributed by atoms with E-state index in [9.17, 15) is 0 Å². The highest BCUT2D eigenvalue weighted by molar-refractivity contribution is 5.78. The second-order valence-electron chi connectivity index (χ2n) is 7.18. The fraction of sp³-hybridized carbons (Fsp3) is 0.733. The molecule has 110 valence electrons. The summed E-state index contributed by atoms with van der Waals surface area (Å²) < 4.78 is 4.13. The molecule has 0 radical (unpaired) electrons. The average Bonchev–Trinajstić information content (AvgIpc) is 2.67. The van der Waals surface area contributed by atoms with Crippen LogP contribution in [0.25, 0.3) is 11.2 Å². The van der Waals surface area contributed by atoms with Gasteiger partial charge in [-0.15, -0.1) is 0 Å². The molecule has 2 aromatic heterocycles. The van der Waals surface area contributed by atoms with E-state index in [1.165, 1.54) is 0 Å². The number of fused-ring (bicyclic) bond motifs is 1. The van der Waals surface area contributed by atoms with Gasteiger partial charge >= 0.3 is 0 Å². The van der Waals surface area contributed by atoms with E-state index in [0.717, 1.165) is 29.7 Å². The Bertz CT molecular complexity index is 660. The number of imidazole rings is 1. The molecule has 0 spiro atoms. The molecular weight excluding hydrogens is 250 g/mol. The summed E-state index contributed by atoms with van der Waals surface area (Å²) in [4.78, 5) is 4.60. The molecule has 5 heteroatoms. The normalized spacial score (nSPS) is 20.7. The van der Waals surface area contributed by atoms with Crippen molar-refractivity contribution in [1.29, 1.82) is 0 Å². The van der Waals surface area contributed by atoms with Crippen LogP contribution in [0.1, 0.15) is 52.8 Å². The number of rotatable bonds is 3. The maximum absolute atomic E-state index is 6.23. The second-order valence-corrected chi connectivity index (χ2v) is 7.18. The molecule has 1 saturated carbocycles. The molecule has 1 aliphatic carbocycles. The zero-order valence-corrected chi connectivity index (χ0v) is 13.4. The second kappa shape index (κ2) is 3.77. The van der Waals surface area contributed by atoms with Gasteiger partial charge in [0.1, 0.15) is 5.52 Å². The van der Waals surface area contributed by atoms with E-state index >= 15 is 0 Å². The molecule has 5 nitrogen and oxygen atoms in total. The Morgan fingerprint density at radius 2 is 1.80 bits per heavy atom. The van der Waals surface area contributed by atoms with Crippen LogP contribution in [0.2, 0.25) is 0 Å². The zero-order chi connectivity index (χ0) is 14.9. The van der Waals surface area contributed by atoms with Crippen LogP contribution in [0.15, 0.2) is 0 Å². The largest absolute Gasteiger partial charge is 0.369 e. The topological polar surface area (TPSA) is 61.7 Å². The van der Waals surface area contributed by atoms with Crippen molar-refractivity contribution >= 4 is 17.1 Å². The third kappa shape index (κ3) is 1.43. The molecule has 0 saturated heterocycles. The number of aromatic nitrogens is 4. The summed E-state index contributed by atoms with van der Waals surface area (Å²) in [6.07, 6.45) is 2.02. The van der Waals surface area contributed by atoms with Gasteiger partial charge in [-0.2, -0.15) is 5.10 Å². The molecule has 20 heavy (non-hydrogen) atoms. The van der Waals surface area contributed by atoms with Crippen LogP contribution in [0.5, 0.6) is 0 Å². The Kier molecular flexibility index (Phi) is 2.54. The van der Waals surface area contributed by atoms with Crippen LogP contribution in [-0.2, 0) is 13.5 Å². The third-order valence-corrected chi connectivity index (χ3v) is 5.45. The minimum Gasteiger partial charge on any atom is -0.369 e. The Balaban J connectivity index is 2.21. The smallest absolute Gasteiger partial charge is 0.202 e. The molecule has 0 amide bonds. The van der Waals surface area contributed by atoms with E-state index in [4.69, 9.17) is 5.73 Å². The first kappa shape index (κ1) is 13.5. The van der Waals surface area contributed by atoms with Crippen LogP contribution in [0.3, 0.4) is 0 Å². The van der Waals surface area contributed by atoms with E-state index < -0.39 is 0 Å². The molecule has 2 N–H and O–H groups in total. The van der Waals surface area contributed by atoms with Gasteiger partial charge in [0.15, 0.2) is 5.65 Å². The van der Waals surface area contributed by atoms with Crippen molar-refractivity contribution in [2.24, 2.45) is 17.9 Å². The maximum atomic E-state index is 6.23. The lowest BCUT2D eigenvalue weighted by Crippen LogP contribution is -2.09. The molecule has 0 aliphatic heterocycles. The quantitative estimate of drug-likeness (QED) is 0.937. The number of aryl methyl sites for hydroxylation is 2. The van der Waals surface area contributed by atoms with Gasteiger partial charge in [0.25, 0.3) is 0 Å². The molecule has 1 fully saturated rings. The van der Waals surface area contributed by atoms with E-state index in [1.54, 1.807) is 0 Å². The molecule has 3 rings (SSSR count). The SMILES string of the molecule is CCCc1nn(C)c2c1nc(N)n2C1C(C)(C)C1(C)C. The summed E-state index contributed by atoms with van der Waals surface area (Å²) in [6.45, 7) is 11.4. The van der Waals surface area contributed by atoms with Gasteiger partial charge in [-0.05, 0) is 17.3 Å². The lowest BCUT2D eigenvalue weighted by atomic mass is 10.0. The first-order chi connectivity index (χ1) is 9.23. The first-order valence-corrected chi connectivity index (χ1v) is 7.42. The summed E-state index contributed by atoms with van der Waals surface area (Å²) in [7, 11) is 1.99. The summed E-state index contributed by atoms with van der Waals surface area (Å²) in [5.74, 6) is 0.619. The number of hydrogen-bond donors (Lipinski definition) is 1. The van der Waals surface area contributed by atoms with Crippen molar-refractivity contribution in [3.8, 4) is 0 Å². The minimum atomic E-state index is 0.226. The zero-order valence-electron chi connectivity index (χ0n) is 13.4. The van der Waals surface area contributed by atoms with E-state index in [1.807, 2.05) is 11.7 Å². The number of nitrogens with zero attached hydrogens (tertiary/aromatic N) is 4. The van der Waals surface area contributed by atoms with Gasteiger partial charge in [0.05, 0.1) is 5.69 Å². The third-order valence-electron chi connectivity index (χ3n) is 5.45. The molecule has 0 aromatic carbocycles. The van der Waals surface area contributed by atoms with Crippen LogP contribution < -0.4 is 5.73 Å². The van der Waals surface area contributed by atoms with Crippen molar-refractivity contribution in [3.63, 3.8) is 0 Å². The van der Waals surface area contributed by atoms with Crippen molar-refractivity contribution in [1.82, 2.24) is 19.3 Å². The predicted octanol–water partition coefficient (Wildman–Crippen LogP) is 2.91. The fourth-order valence-electron chi connectivity index (χ4n) is 3.69. The summed E-state index contributed by atoms with van der Waals surface area (Å²) >= 11 is 0. The summed E-state index contributed by atoms with van der Waals surface area (Å²) in [6, 6.07) is 0.380. The Morgan fingerprint density at radius 3 is 2.30 bits per heavy atom. The molecule has 0 unspecified atom stereocenters. The van der Waals surface area contributed by atoms with Gasteiger partial charge in [-0.3, -0.25) is 9.25 Å². The van der Waals surface area contributed by atoms with Crippen LogP contribution in [0.4, 0.5) is 5.95 Å². The van der Waals surface area contributed by atoms with Crippen molar-refractivity contribution in [2.75, 3.05) is 5.73 Å². The predicted molar refractivity (Wildman–Crippen MR) is 81.5 cm³/mol. The van der Waals surface area contributed by atoms with Crippen molar-refractivity contribution in [3.05, 3.63) is 5.69 Å². The Morgan fingerprint density at radius 1 is 1.20 bits per heavy atom. The van der Waals surface area contributed by atoms with E-state index in [0.29, 0.717) is 12.0 Å². The van der Waals surface area contributed by atoms with Crippen molar-refractivity contribution < 1.29 is 0 Å². The monoisotopic (exact) mass is 275 g/mol. The van der Waals surface area contributed by atoms with Gasteiger partial charge in [-0.25, -0.2) is 4.98 Å². The summed E-state index contributed by atoms with van der Waals surface area (Å²) in [5, 5.41) is 4.62. The number of anilines is 1. The molecular formula is C15H25N5. The van der Waals surface area contributed by atoms with Gasteiger partial charge in [0, 0.05) is 13.1 Å². The van der Waals surface area contributed by atoms with Crippen LogP contribution in [0, 0.1) is 10.8 Å². The lowest BCUT2D eigenvalue weighted by molar-refractivity contribution is 0.457. The minimum absolute atomic E-state index is 0.226. The Hall–Kier alpha value is -1.52. The molecule has 1 aliphatic rings. The maximum Gasteiger partial charge on any atom is 0.202 e. The highest BCUT2D eigenvalue weighted by Gasteiger charge is 2.66. The van der Waals surface area contributed by atoms with Crippen LogP contribution >= 0.6 is 0 Å². The molecule has 2 heterocycles. The molecule has 2 aromatic rings. The first-order valence-electron chi connectivity index (χ1n) is 7.42. The van der Waals surface area contributed by atoms with Gasteiger partial charge in [0.2, 0.25) is 5.95 Å². The van der Waals surface area contributed by atoms with Crippen molar-refractivity contribution in [2.45, 2.75) is 53.5 Å².